The molecular formula is C25H20BrNO3S. The molecule has 1 aliphatic rings. The standard InChI is InChI=1S/C25H20BrNO3S/c1-17-5-4-6-19(13-17)15-27-24(28)23(31-25(27)29)14-20-7-2-3-8-22(20)30-16-18-9-11-21(26)12-10-18/h2-14H,15-16H2,1H3/b23-14-. The van der Waals surface area contributed by atoms with E-state index in [9.17, 15) is 9.59 Å². The number of aryl methyl sites for hydroxylation is 1. The summed E-state index contributed by atoms with van der Waals surface area (Å²) < 4.78 is 7.00. The van der Waals surface area contributed by atoms with Crippen molar-refractivity contribution in [2.24, 2.45) is 0 Å². The quantitative estimate of drug-likeness (QED) is 0.364. The summed E-state index contributed by atoms with van der Waals surface area (Å²) in [6, 6.07) is 23.3. The number of thioether (sulfide) groups is 1. The van der Waals surface area contributed by atoms with E-state index in [1.165, 1.54) is 4.90 Å². The monoisotopic (exact) mass is 493 g/mol. The van der Waals surface area contributed by atoms with Crippen molar-refractivity contribution in [2.45, 2.75) is 20.1 Å². The fraction of sp³-hybridized carbons (Fsp3) is 0.120. The van der Waals surface area contributed by atoms with Crippen LogP contribution in [0, 0.1) is 6.92 Å². The number of carbonyl (C=O) groups excluding carboxylic acids is 2. The maximum absolute atomic E-state index is 12.9. The zero-order valence-electron chi connectivity index (χ0n) is 16.9. The largest absolute Gasteiger partial charge is 0.488 e. The molecule has 0 N–H and O–H groups in total. The molecule has 1 aliphatic heterocycles. The van der Waals surface area contributed by atoms with E-state index >= 15 is 0 Å². The minimum absolute atomic E-state index is 0.258. The molecule has 6 heteroatoms. The summed E-state index contributed by atoms with van der Waals surface area (Å²) in [5, 5.41) is -0.258. The molecule has 3 aromatic rings. The average Bonchev–Trinajstić information content (AvgIpc) is 3.02. The van der Waals surface area contributed by atoms with Crippen LogP contribution in [0.15, 0.2) is 82.2 Å². The summed E-state index contributed by atoms with van der Waals surface area (Å²) >= 11 is 4.39. The third kappa shape index (κ3) is 5.27. The van der Waals surface area contributed by atoms with Crippen LogP contribution in [0.2, 0.25) is 0 Å². The SMILES string of the molecule is Cc1cccc(CN2C(=O)S/C(=C\c3ccccc3OCc3ccc(Br)cc3)C2=O)c1. The highest BCUT2D eigenvalue weighted by Gasteiger charge is 2.35. The Balaban J connectivity index is 1.51. The lowest BCUT2D eigenvalue weighted by atomic mass is 10.1. The molecule has 0 unspecified atom stereocenters. The van der Waals surface area contributed by atoms with Gasteiger partial charge < -0.3 is 4.74 Å². The normalized spacial score (nSPS) is 15.0. The van der Waals surface area contributed by atoms with Crippen LogP contribution in [-0.2, 0) is 17.9 Å². The van der Waals surface area contributed by atoms with Gasteiger partial charge in [0.2, 0.25) is 0 Å². The van der Waals surface area contributed by atoms with Crippen molar-refractivity contribution in [3.63, 3.8) is 0 Å². The minimum atomic E-state index is -0.279. The highest BCUT2D eigenvalue weighted by atomic mass is 79.9. The number of imide groups is 1. The predicted octanol–water partition coefficient (Wildman–Crippen LogP) is 6.57. The second-order valence-corrected chi connectivity index (χ2v) is 9.12. The molecule has 2 amide bonds. The Morgan fingerprint density at radius 3 is 2.52 bits per heavy atom. The number of amides is 2. The number of hydrogen-bond acceptors (Lipinski definition) is 4. The number of halogens is 1. The molecule has 0 bridgehead atoms. The van der Waals surface area contributed by atoms with E-state index in [2.05, 4.69) is 15.9 Å². The number of nitrogens with zero attached hydrogens (tertiary/aromatic N) is 1. The van der Waals surface area contributed by atoms with E-state index in [1.807, 2.05) is 79.7 Å². The van der Waals surface area contributed by atoms with E-state index in [-0.39, 0.29) is 17.7 Å². The van der Waals surface area contributed by atoms with Crippen molar-refractivity contribution in [3.05, 3.63) is 104 Å². The third-order valence-corrected chi connectivity index (χ3v) is 6.25. The van der Waals surface area contributed by atoms with Crippen LogP contribution in [0.1, 0.15) is 22.3 Å². The van der Waals surface area contributed by atoms with Crippen LogP contribution in [0.5, 0.6) is 5.75 Å². The second-order valence-electron chi connectivity index (χ2n) is 7.21. The molecule has 31 heavy (non-hydrogen) atoms. The van der Waals surface area contributed by atoms with Crippen molar-refractivity contribution in [2.75, 3.05) is 0 Å². The average molecular weight is 494 g/mol. The number of ether oxygens (including phenoxy) is 1. The summed E-state index contributed by atoms with van der Waals surface area (Å²) in [5.41, 5.74) is 3.83. The molecule has 0 saturated carbocycles. The predicted molar refractivity (Wildman–Crippen MR) is 128 cm³/mol. The number of hydrogen-bond donors (Lipinski definition) is 0. The number of carbonyl (C=O) groups is 2. The molecule has 0 aromatic heterocycles. The fourth-order valence-electron chi connectivity index (χ4n) is 3.24. The molecule has 156 valence electrons. The molecule has 3 aromatic carbocycles. The van der Waals surface area contributed by atoms with E-state index in [0.717, 1.165) is 38.5 Å². The second kappa shape index (κ2) is 9.54. The van der Waals surface area contributed by atoms with Crippen molar-refractivity contribution >= 4 is 44.9 Å². The molecule has 0 radical (unpaired) electrons. The Hall–Kier alpha value is -2.83. The van der Waals surface area contributed by atoms with E-state index < -0.39 is 0 Å². The number of rotatable bonds is 6. The van der Waals surface area contributed by atoms with Crippen LogP contribution < -0.4 is 4.74 Å². The van der Waals surface area contributed by atoms with Gasteiger partial charge in [0.15, 0.2) is 0 Å². The Morgan fingerprint density at radius 2 is 1.74 bits per heavy atom. The van der Waals surface area contributed by atoms with Gasteiger partial charge in [-0.15, -0.1) is 0 Å². The van der Waals surface area contributed by atoms with Gasteiger partial charge in [-0.05, 0) is 54.1 Å². The summed E-state index contributed by atoms with van der Waals surface area (Å²) in [6.45, 7) is 2.67. The van der Waals surface area contributed by atoms with E-state index in [0.29, 0.717) is 17.3 Å². The fourth-order valence-corrected chi connectivity index (χ4v) is 4.34. The van der Waals surface area contributed by atoms with Crippen molar-refractivity contribution in [3.8, 4) is 5.75 Å². The molecule has 0 spiro atoms. The number of benzene rings is 3. The van der Waals surface area contributed by atoms with Crippen LogP contribution in [0.3, 0.4) is 0 Å². The molecule has 1 saturated heterocycles. The van der Waals surface area contributed by atoms with Gasteiger partial charge in [-0.3, -0.25) is 14.5 Å². The minimum Gasteiger partial charge on any atom is -0.488 e. The lowest BCUT2D eigenvalue weighted by Gasteiger charge is -2.13. The van der Waals surface area contributed by atoms with Gasteiger partial charge in [0, 0.05) is 10.0 Å². The van der Waals surface area contributed by atoms with E-state index in [1.54, 1.807) is 6.08 Å². The maximum atomic E-state index is 12.9. The summed E-state index contributed by atoms with van der Waals surface area (Å²) in [4.78, 5) is 27.1. The topological polar surface area (TPSA) is 46.6 Å². The lowest BCUT2D eigenvalue weighted by molar-refractivity contribution is -0.123. The molecule has 1 fully saturated rings. The van der Waals surface area contributed by atoms with Gasteiger partial charge >= 0.3 is 0 Å². The van der Waals surface area contributed by atoms with Crippen LogP contribution in [-0.4, -0.2) is 16.0 Å². The van der Waals surface area contributed by atoms with Gasteiger partial charge in [0.25, 0.3) is 11.1 Å². The molecule has 4 nitrogen and oxygen atoms in total. The first kappa shape index (κ1) is 21.4. The zero-order valence-corrected chi connectivity index (χ0v) is 19.3. The summed E-state index contributed by atoms with van der Waals surface area (Å²) in [6.07, 6.45) is 1.73. The maximum Gasteiger partial charge on any atom is 0.293 e. The van der Waals surface area contributed by atoms with Crippen molar-refractivity contribution in [1.29, 1.82) is 0 Å². The Morgan fingerprint density at radius 1 is 0.968 bits per heavy atom. The first-order valence-corrected chi connectivity index (χ1v) is 11.4. The van der Waals surface area contributed by atoms with Crippen molar-refractivity contribution in [1.82, 2.24) is 4.90 Å². The number of para-hydroxylation sites is 1. The summed E-state index contributed by atoms with van der Waals surface area (Å²) in [7, 11) is 0. The van der Waals surface area contributed by atoms with Gasteiger partial charge in [-0.1, -0.05) is 76.1 Å². The highest BCUT2D eigenvalue weighted by molar-refractivity contribution is 9.10. The van der Waals surface area contributed by atoms with Crippen molar-refractivity contribution < 1.29 is 14.3 Å². The van der Waals surface area contributed by atoms with Gasteiger partial charge in [-0.2, -0.15) is 0 Å². The first-order chi connectivity index (χ1) is 15.0. The Kier molecular flexibility index (Phi) is 6.59. The third-order valence-electron chi connectivity index (χ3n) is 4.81. The molecule has 4 rings (SSSR count). The van der Waals surface area contributed by atoms with Gasteiger partial charge in [0.1, 0.15) is 12.4 Å². The zero-order chi connectivity index (χ0) is 21.8. The van der Waals surface area contributed by atoms with Gasteiger partial charge in [0.05, 0.1) is 11.4 Å². The molecule has 0 aliphatic carbocycles. The molecular weight excluding hydrogens is 474 g/mol. The van der Waals surface area contributed by atoms with Crippen LogP contribution in [0.4, 0.5) is 4.79 Å². The van der Waals surface area contributed by atoms with E-state index in [4.69, 9.17) is 4.74 Å². The van der Waals surface area contributed by atoms with Gasteiger partial charge in [-0.25, -0.2) is 0 Å². The smallest absolute Gasteiger partial charge is 0.293 e. The summed E-state index contributed by atoms with van der Waals surface area (Å²) in [5.74, 6) is 0.384. The highest BCUT2D eigenvalue weighted by Crippen LogP contribution is 2.35. The van der Waals surface area contributed by atoms with Crippen LogP contribution in [0.25, 0.3) is 6.08 Å². The molecule has 1 heterocycles. The van der Waals surface area contributed by atoms with Crippen LogP contribution >= 0.6 is 27.7 Å². The first-order valence-electron chi connectivity index (χ1n) is 9.77. The lowest BCUT2D eigenvalue weighted by Crippen LogP contribution is -2.27. The Bertz CT molecular complexity index is 1160. The Labute approximate surface area is 194 Å². The molecule has 0 atom stereocenters.